The van der Waals surface area contributed by atoms with Gasteiger partial charge in [-0.15, -0.1) is 0 Å². The quantitative estimate of drug-likeness (QED) is 0.343. The van der Waals surface area contributed by atoms with Gasteiger partial charge in [0.2, 0.25) is 0 Å². The minimum absolute atomic E-state index is 0.121. The molecule has 1 fully saturated rings. The molecule has 3 aromatic carbocycles. The van der Waals surface area contributed by atoms with Gasteiger partial charge in [-0.25, -0.2) is 4.99 Å². The molecule has 31 heavy (non-hydrogen) atoms. The Morgan fingerprint density at radius 3 is 2.06 bits per heavy atom. The molecular weight excluding hydrogens is 540 g/mol. The summed E-state index contributed by atoms with van der Waals surface area (Å²) in [4.78, 5) is 20.3. The summed E-state index contributed by atoms with van der Waals surface area (Å²) < 4.78 is 1.10. The van der Waals surface area contributed by atoms with Crippen molar-refractivity contribution in [1.82, 2.24) is 0 Å². The third-order valence-electron chi connectivity index (χ3n) is 4.69. The fraction of sp³-hybridized carbons (Fsp3) is 0.0833. The molecular formula is C24H18Br2N2O2S. The lowest BCUT2D eigenvalue weighted by Gasteiger charge is -2.16. The monoisotopic (exact) mass is 556 g/mol. The molecule has 0 aliphatic carbocycles. The average Bonchev–Trinajstić information content (AvgIpc) is 3.03. The Morgan fingerprint density at radius 1 is 0.935 bits per heavy atom. The number of aromatic hydroxyl groups is 1. The van der Waals surface area contributed by atoms with Crippen LogP contribution in [0, 0.1) is 13.8 Å². The number of aryl methyl sites for hydroxylation is 2. The summed E-state index contributed by atoms with van der Waals surface area (Å²) in [5, 5.41) is 10.6. The number of aliphatic imine (C=N–C) groups is 1. The second kappa shape index (κ2) is 9.02. The number of hydrogen-bond donors (Lipinski definition) is 1. The van der Waals surface area contributed by atoms with Crippen molar-refractivity contribution in [2.45, 2.75) is 13.8 Å². The average molecular weight is 558 g/mol. The van der Waals surface area contributed by atoms with Crippen LogP contribution in [0.15, 0.2) is 79.5 Å². The third kappa shape index (κ3) is 4.79. The van der Waals surface area contributed by atoms with Gasteiger partial charge in [-0.1, -0.05) is 35.4 Å². The van der Waals surface area contributed by atoms with Crippen LogP contribution in [0.5, 0.6) is 5.75 Å². The molecule has 1 N–H and O–H groups in total. The fourth-order valence-corrected chi connectivity index (χ4v) is 5.24. The van der Waals surface area contributed by atoms with Crippen molar-refractivity contribution in [3.05, 3.63) is 91.2 Å². The molecule has 0 unspecified atom stereocenters. The van der Waals surface area contributed by atoms with Crippen molar-refractivity contribution in [2.75, 3.05) is 4.90 Å². The van der Waals surface area contributed by atoms with Crippen LogP contribution in [0.4, 0.5) is 11.4 Å². The van der Waals surface area contributed by atoms with Crippen LogP contribution in [-0.2, 0) is 4.79 Å². The van der Waals surface area contributed by atoms with Gasteiger partial charge in [0.15, 0.2) is 5.17 Å². The zero-order valence-electron chi connectivity index (χ0n) is 16.8. The van der Waals surface area contributed by atoms with Gasteiger partial charge >= 0.3 is 0 Å². The molecule has 0 bridgehead atoms. The Bertz CT molecular complexity index is 1200. The summed E-state index contributed by atoms with van der Waals surface area (Å²) in [6, 6.07) is 19.2. The molecule has 1 heterocycles. The van der Waals surface area contributed by atoms with Gasteiger partial charge in [0, 0.05) is 0 Å². The lowest BCUT2D eigenvalue weighted by Crippen LogP contribution is -2.28. The predicted octanol–water partition coefficient (Wildman–Crippen LogP) is 7.34. The number of anilines is 1. The molecule has 3 aromatic rings. The molecule has 4 rings (SSSR count). The second-order valence-electron chi connectivity index (χ2n) is 7.15. The van der Waals surface area contributed by atoms with E-state index in [1.807, 2.05) is 62.4 Å². The molecule has 0 aromatic heterocycles. The molecule has 0 spiro atoms. The van der Waals surface area contributed by atoms with E-state index in [2.05, 4.69) is 31.9 Å². The van der Waals surface area contributed by atoms with Crippen LogP contribution in [0.3, 0.4) is 0 Å². The third-order valence-corrected chi connectivity index (χ3v) is 6.87. The normalized spacial score (nSPS) is 16.5. The Hall–Kier alpha value is -2.35. The van der Waals surface area contributed by atoms with Crippen molar-refractivity contribution >= 4 is 72.1 Å². The van der Waals surface area contributed by atoms with E-state index in [0.717, 1.165) is 28.1 Å². The number of thioether (sulfide) groups is 1. The smallest absolute Gasteiger partial charge is 0.271 e. The van der Waals surface area contributed by atoms with E-state index in [0.29, 0.717) is 19.0 Å². The standard InChI is InChI=1S/C24H18Br2N2O2S/c1-14-3-7-17(8-4-14)27-24-28(18-9-5-15(2)6-10-18)23(30)21(31-24)13-16-11-19(25)22(29)20(26)12-16/h3-13,29H,1-2H3/b21-13+,27-24?. The predicted molar refractivity (Wildman–Crippen MR) is 136 cm³/mol. The number of rotatable bonds is 3. The van der Waals surface area contributed by atoms with E-state index in [9.17, 15) is 9.90 Å². The molecule has 1 amide bonds. The molecule has 1 aliphatic rings. The molecule has 1 saturated heterocycles. The highest BCUT2D eigenvalue weighted by Crippen LogP contribution is 2.39. The summed E-state index contributed by atoms with van der Waals surface area (Å²) in [5.74, 6) is -0.0181. The first-order valence-corrected chi connectivity index (χ1v) is 11.9. The number of hydrogen-bond acceptors (Lipinski definition) is 4. The maximum Gasteiger partial charge on any atom is 0.271 e. The van der Waals surface area contributed by atoms with Gasteiger partial charge in [0.1, 0.15) is 5.75 Å². The first-order chi connectivity index (χ1) is 14.8. The number of amidine groups is 1. The van der Waals surface area contributed by atoms with E-state index in [1.54, 1.807) is 23.1 Å². The number of phenols is 1. The summed E-state index contributed by atoms with van der Waals surface area (Å²) in [7, 11) is 0. The van der Waals surface area contributed by atoms with E-state index < -0.39 is 0 Å². The van der Waals surface area contributed by atoms with Crippen LogP contribution in [0.2, 0.25) is 0 Å². The first-order valence-electron chi connectivity index (χ1n) is 9.46. The van der Waals surface area contributed by atoms with Gasteiger partial charge in [-0.05, 0) is 106 Å². The van der Waals surface area contributed by atoms with Crippen LogP contribution in [0.25, 0.3) is 6.08 Å². The minimum Gasteiger partial charge on any atom is -0.506 e. The highest BCUT2D eigenvalue weighted by Gasteiger charge is 2.34. The van der Waals surface area contributed by atoms with Crippen LogP contribution in [-0.4, -0.2) is 16.2 Å². The Labute approximate surface area is 202 Å². The summed E-state index contributed by atoms with van der Waals surface area (Å²) >= 11 is 8.02. The Balaban J connectivity index is 1.78. The highest BCUT2D eigenvalue weighted by atomic mass is 79.9. The maximum absolute atomic E-state index is 13.4. The first kappa shape index (κ1) is 21.9. The van der Waals surface area contributed by atoms with E-state index in [1.165, 1.54) is 11.8 Å². The molecule has 7 heteroatoms. The molecule has 0 atom stereocenters. The van der Waals surface area contributed by atoms with Gasteiger partial charge in [0.25, 0.3) is 5.91 Å². The van der Waals surface area contributed by atoms with Crippen molar-refractivity contribution in [3.63, 3.8) is 0 Å². The summed E-state index contributed by atoms with van der Waals surface area (Å²) in [5.41, 5.74) is 4.61. The number of benzene rings is 3. The van der Waals surface area contributed by atoms with E-state index in [4.69, 9.17) is 4.99 Å². The number of carbonyl (C=O) groups is 1. The fourth-order valence-electron chi connectivity index (χ4n) is 3.02. The van der Waals surface area contributed by atoms with Crippen molar-refractivity contribution in [3.8, 4) is 5.75 Å². The van der Waals surface area contributed by atoms with Gasteiger partial charge < -0.3 is 5.11 Å². The van der Waals surface area contributed by atoms with E-state index >= 15 is 0 Å². The highest BCUT2D eigenvalue weighted by molar-refractivity contribution is 9.11. The summed E-state index contributed by atoms with van der Waals surface area (Å²) in [6.07, 6.45) is 1.81. The second-order valence-corrected chi connectivity index (χ2v) is 9.87. The number of phenolic OH excluding ortho intramolecular Hbond substituents is 1. The Morgan fingerprint density at radius 2 is 1.48 bits per heavy atom. The van der Waals surface area contributed by atoms with E-state index in [-0.39, 0.29) is 11.7 Å². The largest absolute Gasteiger partial charge is 0.506 e. The van der Waals surface area contributed by atoms with Gasteiger partial charge in [0.05, 0.1) is 25.2 Å². The zero-order valence-corrected chi connectivity index (χ0v) is 20.8. The van der Waals surface area contributed by atoms with Crippen LogP contribution < -0.4 is 4.90 Å². The number of nitrogens with zero attached hydrogens (tertiary/aromatic N) is 2. The number of carbonyl (C=O) groups excluding carboxylic acids is 1. The van der Waals surface area contributed by atoms with Crippen LogP contribution >= 0.6 is 43.6 Å². The van der Waals surface area contributed by atoms with Gasteiger partial charge in [-0.2, -0.15) is 0 Å². The van der Waals surface area contributed by atoms with Crippen molar-refractivity contribution < 1.29 is 9.90 Å². The van der Waals surface area contributed by atoms with Crippen molar-refractivity contribution in [1.29, 1.82) is 0 Å². The molecule has 0 saturated carbocycles. The molecule has 0 radical (unpaired) electrons. The molecule has 1 aliphatic heterocycles. The lowest BCUT2D eigenvalue weighted by atomic mass is 10.2. The Kier molecular flexibility index (Phi) is 6.36. The zero-order chi connectivity index (χ0) is 22.1. The summed E-state index contributed by atoms with van der Waals surface area (Å²) in [6.45, 7) is 4.04. The number of amides is 1. The number of halogens is 2. The van der Waals surface area contributed by atoms with Crippen molar-refractivity contribution in [2.24, 2.45) is 4.99 Å². The van der Waals surface area contributed by atoms with Gasteiger partial charge in [-0.3, -0.25) is 9.69 Å². The maximum atomic E-state index is 13.4. The van der Waals surface area contributed by atoms with Crippen LogP contribution in [0.1, 0.15) is 16.7 Å². The molecule has 4 nitrogen and oxygen atoms in total. The molecule has 156 valence electrons. The minimum atomic E-state index is -0.139. The topological polar surface area (TPSA) is 52.9 Å². The lowest BCUT2D eigenvalue weighted by molar-refractivity contribution is -0.113. The SMILES string of the molecule is Cc1ccc(N=C2S/C(=C/c3cc(Br)c(O)c(Br)c3)C(=O)N2c2ccc(C)cc2)cc1.